The molecule has 0 bridgehead atoms. The highest BCUT2D eigenvalue weighted by atomic mass is 19.3. The number of alkyl halides is 2. The van der Waals surface area contributed by atoms with Gasteiger partial charge in [0.15, 0.2) is 0 Å². The number of ether oxygens (including phenoxy) is 1. The van der Waals surface area contributed by atoms with E-state index in [1.165, 1.54) is 11.1 Å². The predicted molar refractivity (Wildman–Crippen MR) is 169 cm³/mol. The topological polar surface area (TPSA) is 84.7 Å². The van der Waals surface area contributed by atoms with Crippen LogP contribution in [0.1, 0.15) is 59.3 Å². The van der Waals surface area contributed by atoms with Crippen molar-refractivity contribution in [3.8, 4) is 5.75 Å². The monoisotopic (exact) mass is 593 g/mol. The average molecular weight is 594 g/mol. The van der Waals surface area contributed by atoms with Crippen LogP contribution >= 0.6 is 0 Å². The van der Waals surface area contributed by atoms with Crippen molar-refractivity contribution >= 4 is 12.3 Å². The van der Waals surface area contributed by atoms with E-state index in [-0.39, 0.29) is 17.7 Å². The van der Waals surface area contributed by atoms with Crippen molar-refractivity contribution in [1.29, 1.82) is 0 Å². The summed E-state index contributed by atoms with van der Waals surface area (Å²) in [7, 11) is 0. The highest BCUT2D eigenvalue weighted by Crippen LogP contribution is 2.39. The number of carbonyl (C=O) groups is 2. The summed E-state index contributed by atoms with van der Waals surface area (Å²) in [5.41, 5.74) is 9.65. The normalized spacial score (nSPS) is 13.5. The Morgan fingerprint density at radius 3 is 1.91 bits per heavy atom. The van der Waals surface area contributed by atoms with Crippen LogP contribution in [0.5, 0.6) is 5.75 Å². The number of nitrogens with zero attached hydrogens (tertiary/aromatic N) is 1. The average Bonchev–Trinajstić information content (AvgIpc) is 2.96. The van der Waals surface area contributed by atoms with Crippen LogP contribution in [0.3, 0.4) is 0 Å². The molecule has 2 amide bonds. The Hall–Kier alpha value is -4.20. The maximum atomic E-state index is 13.1. The van der Waals surface area contributed by atoms with Crippen molar-refractivity contribution in [3.63, 3.8) is 0 Å². The van der Waals surface area contributed by atoms with E-state index in [0.717, 1.165) is 62.6 Å². The Morgan fingerprint density at radius 1 is 1.00 bits per heavy atom. The highest BCUT2D eigenvalue weighted by Gasteiger charge is 2.35. The predicted octanol–water partition coefficient (Wildman–Crippen LogP) is 6.84. The minimum absolute atomic E-state index is 0.117. The third-order valence-corrected chi connectivity index (χ3v) is 7.37. The molecule has 0 unspecified atom stereocenters. The van der Waals surface area contributed by atoms with Crippen LogP contribution in [-0.2, 0) is 17.6 Å². The first-order valence-corrected chi connectivity index (χ1v) is 14.5. The lowest BCUT2D eigenvalue weighted by Gasteiger charge is -2.43. The van der Waals surface area contributed by atoms with Crippen LogP contribution in [0, 0.1) is 19.3 Å². The van der Waals surface area contributed by atoms with Gasteiger partial charge in [0.25, 0.3) is 5.91 Å². The molecule has 6 nitrogen and oxygen atoms in total. The fourth-order valence-corrected chi connectivity index (χ4v) is 5.35. The van der Waals surface area contributed by atoms with Crippen molar-refractivity contribution in [1.82, 2.24) is 10.2 Å². The van der Waals surface area contributed by atoms with Crippen LogP contribution in [0.2, 0.25) is 0 Å². The van der Waals surface area contributed by atoms with Crippen LogP contribution < -0.4 is 15.8 Å². The van der Waals surface area contributed by atoms with E-state index in [2.05, 4.69) is 83.2 Å². The summed E-state index contributed by atoms with van der Waals surface area (Å²) in [4.78, 5) is 23.9. The number of likely N-dealkylation sites (tertiary alicyclic amines) is 1. The minimum atomic E-state index is -2.17. The first-order chi connectivity index (χ1) is 20.5. The molecule has 1 aliphatic rings. The number of primary amides is 1. The SMILES string of the molecule is C=C(NC(=O)c1cc(C)c(OCC)cc1C)N1CCC(Cc2ccccc2)(Cc2ccccc2)CC1.CC(F)F.NC=O. The second-order valence-corrected chi connectivity index (χ2v) is 10.7. The van der Waals surface area contributed by atoms with Crippen LogP contribution in [0.25, 0.3) is 0 Å². The Bertz CT molecular complexity index is 1250. The number of benzene rings is 3. The summed E-state index contributed by atoms with van der Waals surface area (Å²) < 4.78 is 26.3. The van der Waals surface area contributed by atoms with Gasteiger partial charge in [-0.2, -0.15) is 0 Å². The number of carbonyl (C=O) groups excluding carboxylic acids is 2. The lowest BCUT2D eigenvalue weighted by Crippen LogP contribution is -2.45. The second kappa shape index (κ2) is 17.7. The number of hydrogen-bond acceptors (Lipinski definition) is 4. The zero-order chi connectivity index (χ0) is 31.8. The number of halogens is 2. The second-order valence-electron chi connectivity index (χ2n) is 10.7. The molecule has 43 heavy (non-hydrogen) atoms. The lowest BCUT2D eigenvalue weighted by atomic mass is 9.70. The van der Waals surface area contributed by atoms with Crippen molar-refractivity contribution in [2.45, 2.75) is 59.8 Å². The van der Waals surface area contributed by atoms with Crippen molar-refractivity contribution < 1.29 is 23.1 Å². The Kier molecular flexibility index (Phi) is 14.4. The maximum Gasteiger partial charge on any atom is 0.257 e. The van der Waals surface area contributed by atoms with E-state index in [1.807, 2.05) is 32.9 Å². The zero-order valence-electron chi connectivity index (χ0n) is 25.7. The third kappa shape index (κ3) is 11.5. The summed E-state index contributed by atoms with van der Waals surface area (Å²) >= 11 is 0. The molecule has 1 fully saturated rings. The Morgan fingerprint density at radius 2 is 1.47 bits per heavy atom. The van der Waals surface area contributed by atoms with Crippen molar-refractivity contribution in [2.24, 2.45) is 11.1 Å². The number of amides is 2. The quantitative estimate of drug-likeness (QED) is 0.266. The van der Waals surface area contributed by atoms with Gasteiger partial charge in [-0.25, -0.2) is 8.78 Å². The summed E-state index contributed by atoms with van der Waals surface area (Å²) in [6, 6.07) is 25.5. The molecule has 1 heterocycles. The van der Waals surface area contributed by atoms with Gasteiger partial charge < -0.3 is 20.7 Å². The molecule has 232 valence electrons. The molecule has 0 spiro atoms. The Labute approximate surface area is 254 Å². The molecular formula is C35H45F2N3O3. The molecule has 1 saturated heterocycles. The Balaban J connectivity index is 0.000000836. The molecule has 0 aliphatic carbocycles. The summed E-state index contributed by atoms with van der Waals surface area (Å²) in [5, 5.41) is 3.06. The van der Waals surface area contributed by atoms with Crippen molar-refractivity contribution in [3.05, 3.63) is 113 Å². The van der Waals surface area contributed by atoms with Gasteiger partial charge in [0.05, 0.1) is 6.61 Å². The third-order valence-electron chi connectivity index (χ3n) is 7.37. The number of piperidine rings is 1. The van der Waals surface area contributed by atoms with E-state index in [9.17, 15) is 13.6 Å². The summed E-state index contributed by atoms with van der Waals surface area (Å²) in [6.45, 7) is 13.3. The molecule has 3 N–H and O–H groups in total. The fraction of sp³-hybridized carbons (Fsp3) is 0.371. The number of aryl methyl sites for hydroxylation is 2. The molecule has 0 radical (unpaired) electrons. The molecule has 8 heteroatoms. The smallest absolute Gasteiger partial charge is 0.257 e. The zero-order valence-corrected chi connectivity index (χ0v) is 25.7. The van der Waals surface area contributed by atoms with Crippen LogP contribution in [0.4, 0.5) is 8.78 Å². The number of rotatable bonds is 9. The molecule has 3 aromatic rings. The van der Waals surface area contributed by atoms with Gasteiger partial charge in [0.1, 0.15) is 11.6 Å². The van der Waals surface area contributed by atoms with Crippen molar-refractivity contribution in [2.75, 3.05) is 19.7 Å². The standard InChI is InChI=1S/C32H38N2O2.C2H4F2.CH3NO/c1-5-36-30-21-24(2)29(20-25(30)3)31(35)33-26(4)34-18-16-32(17-19-34,22-27-12-8-6-9-13-27)23-28-14-10-7-11-15-28;1-2(3)4;2-1-3/h6-15,20-21H,4-5,16-19,22-23H2,1-3H3,(H,33,35);2H,1H3;1H,(H2,2,3). The van der Waals surface area contributed by atoms with E-state index in [1.54, 1.807) is 0 Å². The van der Waals surface area contributed by atoms with E-state index >= 15 is 0 Å². The van der Waals surface area contributed by atoms with Gasteiger partial charge in [-0.3, -0.25) is 9.59 Å². The molecule has 3 aromatic carbocycles. The van der Waals surface area contributed by atoms with Crippen LogP contribution in [0.15, 0.2) is 85.2 Å². The maximum absolute atomic E-state index is 13.1. The lowest BCUT2D eigenvalue weighted by molar-refractivity contribution is -0.106. The highest BCUT2D eigenvalue weighted by molar-refractivity contribution is 5.97. The number of nitrogens with one attached hydrogen (secondary N) is 1. The molecule has 0 aromatic heterocycles. The molecule has 1 aliphatic heterocycles. The molecule has 0 saturated carbocycles. The molecule has 4 rings (SSSR count). The number of nitrogens with two attached hydrogens (primary N) is 1. The molecular weight excluding hydrogens is 548 g/mol. The summed E-state index contributed by atoms with van der Waals surface area (Å²) in [6.07, 6.45) is 2.29. The minimum Gasteiger partial charge on any atom is -0.494 e. The summed E-state index contributed by atoms with van der Waals surface area (Å²) in [5.74, 6) is 1.39. The molecule has 0 atom stereocenters. The van der Waals surface area contributed by atoms with E-state index < -0.39 is 6.43 Å². The van der Waals surface area contributed by atoms with Gasteiger partial charge in [-0.1, -0.05) is 67.2 Å². The van der Waals surface area contributed by atoms with Gasteiger partial charge >= 0.3 is 0 Å². The van der Waals surface area contributed by atoms with Gasteiger partial charge in [-0.15, -0.1) is 0 Å². The first kappa shape index (κ1) is 35.0. The largest absolute Gasteiger partial charge is 0.494 e. The van der Waals surface area contributed by atoms with E-state index in [4.69, 9.17) is 9.53 Å². The van der Waals surface area contributed by atoms with Crippen LogP contribution in [-0.4, -0.2) is 43.3 Å². The van der Waals surface area contributed by atoms with Gasteiger partial charge in [0, 0.05) is 18.7 Å². The van der Waals surface area contributed by atoms with E-state index in [0.29, 0.717) is 18.0 Å². The van der Waals surface area contributed by atoms with Gasteiger partial charge in [0.2, 0.25) is 12.8 Å². The first-order valence-electron chi connectivity index (χ1n) is 14.5. The fourth-order valence-electron chi connectivity index (χ4n) is 5.35. The number of hydrogen-bond donors (Lipinski definition) is 2. The van der Waals surface area contributed by atoms with Gasteiger partial charge in [-0.05, 0) is 93.2 Å².